The Bertz CT molecular complexity index is 436. The fraction of sp³-hybridized carbons (Fsp3) is 0.538. The van der Waals surface area contributed by atoms with E-state index in [0.29, 0.717) is 11.3 Å². The van der Waals surface area contributed by atoms with Gasteiger partial charge in [-0.2, -0.15) is 0 Å². The Hall–Kier alpha value is -1.22. The highest BCUT2D eigenvalue weighted by atomic mass is 16.8. The van der Waals surface area contributed by atoms with Crippen molar-refractivity contribution in [3.8, 4) is 5.75 Å². The lowest BCUT2D eigenvalue weighted by Crippen LogP contribution is -2.59. The maximum absolute atomic E-state index is 9.87. The van der Waals surface area contributed by atoms with E-state index < -0.39 is 30.9 Å². The normalized spacial score (nSPS) is 34.0. The zero-order chi connectivity index (χ0) is 14.7. The highest BCUT2D eigenvalue weighted by molar-refractivity contribution is 5.32. The van der Waals surface area contributed by atoms with Crippen LogP contribution in [0.1, 0.15) is 5.56 Å². The first-order valence-electron chi connectivity index (χ1n) is 6.16. The molecule has 0 bridgehead atoms. The van der Waals surface area contributed by atoms with Gasteiger partial charge in [-0.3, -0.25) is 0 Å². The molecule has 1 aromatic carbocycles. The number of ether oxygens (including phenoxy) is 3. The molecule has 0 radical (unpaired) electrons. The van der Waals surface area contributed by atoms with Crippen LogP contribution < -0.4 is 4.74 Å². The Morgan fingerprint density at radius 1 is 1.05 bits per heavy atom. The van der Waals surface area contributed by atoms with Crippen molar-refractivity contribution in [2.45, 2.75) is 37.5 Å². The summed E-state index contributed by atoms with van der Waals surface area (Å²) in [5.74, 6) is 0.317. The standard InChI is InChI=1S/C13H18O7/c1-18-12-10(16)9(15)11(17)13(20-12)19-8-5-3-2-4-7(8)6-14/h2-5,9-17H,6H2,1H3/t9-,10-,11+,12-,13+/m0/s1. The van der Waals surface area contributed by atoms with E-state index in [9.17, 15) is 20.4 Å². The smallest absolute Gasteiger partial charge is 0.231 e. The molecule has 1 fully saturated rings. The van der Waals surface area contributed by atoms with Crippen LogP contribution >= 0.6 is 0 Å². The number of hydrogen-bond donors (Lipinski definition) is 4. The molecule has 1 aliphatic rings. The number of para-hydroxylation sites is 1. The van der Waals surface area contributed by atoms with Crippen molar-refractivity contribution >= 4 is 0 Å². The highest BCUT2D eigenvalue weighted by Gasteiger charge is 2.45. The van der Waals surface area contributed by atoms with Crippen LogP contribution in [0.4, 0.5) is 0 Å². The SMILES string of the molecule is CO[C@H]1O[C@@H](Oc2ccccc2CO)[C@H](O)[C@@H](O)[C@@H]1O. The minimum Gasteiger partial charge on any atom is -0.462 e. The molecule has 112 valence electrons. The Labute approximate surface area is 115 Å². The minimum atomic E-state index is -1.46. The molecule has 1 aliphatic heterocycles. The summed E-state index contributed by atoms with van der Waals surface area (Å²) in [6.45, 7) is -0.238. The van der Waals surface area contributed by atoms with Crippen LogP contribution in [0.3, 0.4) is 0 Å². The predicted molar refractivity (Wildman–Crippen MR) is 66.7 cm³/mol. The lowest BCUT2D eigenvalue weighted by molar-refractivity contribution is -0.327. The van der Waals surface area contributed by atoms with Gasteiger partial charge in [0.1, 0.15) is 24.1 Å². The van der Waals surface area contributed by atoms with E-state index in [2.05, 4.69) is 0 Å². The summed E-state index contributed by atoms with van der Waals surface area (Å²) in [5, 5.41) is 38.4. The summed E-state index contributed by atoms with van der Waals surface area (Å²) >= 11 is 0. The van der Waals surface area contributed by atoms with Crippen molar-refractivity contribution in [3.05, 3.63) is 29.8 Å². The second kappa shape index (κ2) is 6.49. The summed E-state index contributed by atoms with van der Waals surface area (Å²) in [4.78, 5) is 0. The predicted octanol–water partition coefficient (Wildman–Crippen LogP) is -1.03. The van der Waals surface area contributed by atoms with Crippen molar-refractivity contribution in [1.29, 1.82) is 0 Å². The maximum Gasteiger partial charge on any atom is 0.231 e. The number of hydrogen-bond acceptors (Lipinski definition) is 7. The van der Waals surface area contributed by atoms with E-state index in [0.717, 1.165) is 0 Å². The summed E-state index contributed by atoms with van der Waals surface area (Å²) in [6, 6.07) is 6.68. The fourth-order valence-electron chi connectivity index (χ4n) is 1.98. The van der Waals surface area contributed by atoms with Crippen molar-refractivity contribution < 1.29 is 34.6 Å². The summed E-state index contributed by atoms with van der Waals surface area (Å²) in [7, 11) is 1.30. The molecule has 20 heavy (non-hydrogen) atoms. The Balaban J connectivity index is 2.15. The van der Waals surface area contributed by atoms with Crippen molar-refractivity contribution in [1.82, 2.24) is 0 Å². The van der Waals surface area contributed by atoms with E-state index in [-0.39, 0.29) is 6.61 Å². The van der Waals surface area contributed by atoms with Crippen LogP contribution in [0.25, 0.3) is 0 Å². The van der Waals surface area contributed by atoms with Gasteiger partial charge in [0.05, 0.1) is 6.61 Å². The monoisotopic (exact) mass is 286 g/mol. The summed E-state index contributed by atoms with van der Waals surface area (Å²) in [6.07, 6.45) is -6.60. The second-order valence-electron chi connectivity index (χ2n) is 4.46. The summed E-state index contributed by atoms with van der Waals surface area (Å²) in [5.41, 5.74) is 0.512. The number of aliphatic hydroxyl groups is 4. The van der Waals surface area contributed by atoms with Gasteiger partial charge < -0.3 is 34.6 Å². The largest absolute Gasteiger partial charge is 0.462 e. The highest BCUT2D eigenvalue weighted by Crippen LogP contribution is 2.26. The van der Waals surface area contributed by atoms with Gasteiger partial charge in [0, 0.05) is 12.7 Å². The molecule has 1 saturated heterocycles. The third-order valence-corrected chi connectivity index (χ3v) is 3.14. The number of rotatable bonds is 4. The van der Waals surface area contributed by atoms with Crippen molar-refractivity contribution in [2.75, 3.05) is 7.11 Å². The molecule has 7 heteroatoms. The zero-order valence-electron chi connectivity index (χ0n) is 10.9. The molecule has 5 atom stereocenters. The van der Waals surface area contributed by atoms with Crippen LogP contribution in [-0.2, 0) is 16.1 Å². The molecule has 0 amide bonds. The van der Waals surface area contributed by atoms with E-state index in [1.807, 2.05) is 0 Å². The second-order valence-corrected chi connectivity index (χ2v) is 4.46. The number of methoxy groups -OCH3 is 1. The molecule has 1 heterocycles. The molecule has 7 nitrogen and oxygen atoms in total. The van der Waals surface area contributed by atoms with Crippen LogP contribution in [0.15, 0.2) is 24.3 Å². The lowest BCUT2D eigenvalue weighted by Gasteiger charge is -2.39. The molecule has 0 aromatic heterocycles. The van der Waals surface area contributed by atoms with Crippen LogP contribution in [-0.4, -0.2) is 58.4 Å². The van der Waals surface area contributed by atoms with E-state index in [1.165, 1.54) is 7.11 Å². The molecular weight excluding hydrogens is 268 g/mol. The van der Waals surface area contributed by atoms with Gasteiger partial charge in [0.2, 0.25) is 6.29 Å². The first-order chi connectivity index (χ1) is 9.58. The van der Waals surface area contributed by atoms with E-state index >= 15 is 0 Å². The number of benzene rings is 1. The van der Waals surface area contributed by atoms with Gasteiger partial charge in [-0.25, -0.2) is 0 Å². The topological polar surface area (TPSA) is 109 Å². The maximum atomic E-state index is 9.87. The van der Waals surface area contributed by atoms with Gasteiger partial charge in [0.25, 0.3) is 0 Å². The van der Waals surface area contributed by atoms with Gasteiger partial charge in [-0.15, -0.1) is 0 Å². The van der Waals surface area contributed by atoms with Crippen molar-refractivity contribution in [3.63, 3.8) is 0 Å². The lowest BCUT2D eigenvalue weighted by atomic mass is 10.0. The Morgan fingerprint density at radius 3 is 2.35 bits per heavy atom. The van der Waals surface area contributed by atoms with Crippen LogP contribution in [0.5, 0.6) is 5.75 Å². The first kappa shape index (κ1) is 15.2. The van der Waals surface area contributed by atoms with Gasteiger partial charge in [-0.1, -0.05) is 18.2 Å². The summed E-state index contributed by atoms with van der Waals surface area (Å²) < 4.78 is 15.6. The molecule has 0 saturated carbocycles. The average Bonchev–Trinajstić information content (AvgIpc) is 2.48. The average molecular weight is 286 g/mol. The van der Waals surface area contributed by atoms with E-state index in [4.69, 9.17) is 14.2 Å². The first-order valence-corrected chi connectivity index (χ1v) is 6.16. The molecule has 0 spiro atoms. The van der Waals surface area contributed by atoms with Gasteiger partial charge >= 0.3 is 0 Å². The fourth-order valence-corrected chi connectivity index (χ4v) is 1.98. The van der Waals surface area contributed by atoms with Crippen LogP contribution in [0.2, 0.25) is 0 Å². The van der Waals surface area contributed by atoms with Crippen LogP contribution in [0, 0.1) is 0 Å². The van der Waals surface area contributed by atoms with Crippen molar-refractivity contribution in [2.24, 2.45) is 0 Å². The third kappa shape index (κ3) is 2.93. The van der Waals surface area contributed by atoms with Gasteiger partial charge in [-0.05, 0) is 6.07 Å². The Kier molecular flexibility index (Phi) is 4.92. The molecule has 2 rings (SSSR count). The van der Waals surface area contributed by atoms with Gasteiger partial charge in [0.15, 0.2) is 6.29 Å². The quantitative estimate of drug-likeness (QED) is 0.560. The molecule has 0 unspecified atom stereocenters. The molecular formula is C13H18O7. The Morgan fingerprint density at radius 2 is 1.70 bits per heavy atom. The zero-order valence-corrected chi connectivity index (χ0v) is 10.9. The molecule has 0 aliphatic carbocycles. The molecule has 4 N–H and O–H groups in total. The number of aliphatic hydroxyl groups excluding tert-OH is 4. The van der Waals surface area contributed by atoms with E-state index in [1.54, 1.807) is 24.3 Å². The molecule has 1 aromatic rings. The minimum absolute atomic E-state index is 0.238. The third-order valence-electron chi connectivity index (χ3n) is 3.14.